The molecule has 0 fully saturated rings. The second kappa shape index (κ2) is 10.2. The van der Waals surface area contributed by atoms with Crippen molar-refractivity contribution in [1.29, 1.82) is 0 Å². The smallest absolute Gasteiger partial charge is 0.343 e. The average Bonchev–Trinajstić information content (AvgIpc) is 3.10. The number of nitrogens with one attached hydrogen (secondary N) is 1. The molecule has 0 amide bonds. The number of halogens is 1. The Kier molecular flexibility index (Phi) is 8.34. The molecule has 0 aliphatic carbocycles. The molecule has 0 atom stereocenters. The van der Waals surface area contributed by atoms with Gasteiger partial charge in [0.15, 0.2) is 0 Å². The molecular formula is C19H24FN3O4. The minimum absolute atomic E-state index is 0.0156. The van der Waals surface area contributed by atoms with E-state index in [0.29, 0.717) is 12.1 Å². The largest absolute Gasteiger partial charge is 0.465 e. The number of esters is 1. The normalized spacial score (nSPS) is 9.74. The first-order valence-electron chi connectivity index (χ1n) is 8.48. The van der Waals surface area contributed by atoms with Crippen molar-refractivity contribution in [3.05, 3.63) is 52.1 Å². The monoisotopic (exact) mass is 377 g/mol. The summed E-state index contributed by atoms with van der Waals surface area (Å²) in [7, 11) is 3.19. The molecule has 3 aromatic heterocycles. The molecule has 0 aliphatic rings. The zero-order valence-corrected chi connectivity index (χ0v) is 16.0. The zero-order chi connectivity index (χ0) is 20.6. The summed E-state index contributed by atoms with van der Waals surface area (Å²) in [5.41, 5.74) is 2.79. The van der Waals surface area contributed by atoms with Crippen LogP contribution in [0.25, 0.3) is 22.3 Å². The second-order valence-electron chi connectivity index (χ2n) is 5.32. The Labute approximate surface area is 156 Å². The van der Waals surface area contributed by atoms with Crippen molar-refractivity contribution in [2.24, 2.45) is 7.05 Å². The van der Waals surface area contributed by atoms with E-state index in [4.69, 9.17) is 9.84 Å². The van der Waals surface area contributed by atoms with Gasteiger partial charge in [0.25, 0.3) is 5.56 Å². The lowest BCUT2D eigenvalue weighted by Gasteiger charge is -2.10. The molecule has 2 N–H and O–H groups in total. The SMILES string of the molecule is CC.CCc1cc(C(=O)OC)c(=O)[nH]c1-c1cnc2c(ccn2C)c1.OF. The standard InChI is InChI=1S/C17H17N3O3.C2H6.FHO/c1-4-10-8-13(17(22)23-3)16(21)19-14(10)12-7-11-5-6-20(2)15(11)18-9-12;2*1-2/h5-9H,4H2,1-3H3,(H,19,21);1-2H3;2H. The lowest BCUT2D eigenvalue weighted by Crippen LogP contribution is -2.20. The van der Waals surface area contributed by atoms with E-state index >= 15 is 0 Å². The minimum atomic E-state index is -0.635. The van der Waals surface area contributed by atoms with Crippen LogP contribution in [-0.2, 0) is 18.2 Å². The Bertz CT molecular complexity index is 963. The van der Waals surface area contributed by atoms with Crippen molar-refractivity contribution in [3.8, 4) is 11.3 Å². The third-order valence-electron chi connectivity index (χ3n) is 3.90. The molecule has 0 aromatic carbocycles. The van der Waals surface area contributed by atoms with Gasteiger partial charge in [-0.3, -0.25) is 4.79 Å². The number of carbonyl (C=O) groups excluding carboxylic acids is 1. The van der Waals surface area contributed by atoms with Crippen LogP contribution in [-0.4, -0.2) is 32.9 Å². The highest BCUT2D eigenvalue weighted by atomic mass is 19.3. The van der Waals surface area contributed by atoms with Gasteiger partial charge in [-0.2, -0.15) is 0 Å². The number of ether oxygens (including phenoxy) is 1. The number of methoxy groups -OCH3 is 1. The number of hydrogen-bond donors (Lipinski definition) is 2. The highest BCUT2D eigenvalue weighted by molar-refractivity contribution is 5.90. The molecule has 0 unspecified atom stereocenters. The molecule has 3 aromatic rings. The van der Waals surface area contributed by atoms with Crippen molar-refractivity contribution in [3.63, 3.8) is 0 Å². The highest BCUT2D eigenvalue weighted by Crippen LogP contribution is 2.24. The number of nitrogens with zero attached hydrogens (tertiary/aromatic N) is 2. The third kappa shape index (κ3) is 4.59. The van der Waals surface area contributed by atoms with Crippen LogP contribution in [0.4, 0.5) is 4.53 Å². The Morgan fingerprint density at radius 2 is 2.00 bits per heavy atom. The number of aromatic nitrogens is 3. The van der Waals surface area contributed by atoms with Gasteiger partial charge in [0.1, 0.15) is 11.2 Å². The van der Waals surface area contributed by atoms with Gasteiger partial charge < -0.3 is 14.3 Å². The summed E-state index contributed by atoms with van der Waals surface area (Å²) in [6.45, 7) is 5.96. The molecule has 0 saturated heterocycles. The molecule has 146 valence electrons. The predicted molar refractivity (Wildman–Crippen MR) is 102 cm³/mol. The van der Waals surface area contributed by atoms with Crippen LogP contribution in [0.1, 0.15) is 36.7 Å². The van der Waals surface area contributed by atoms with Crippen molar-refractivity contribution in [1.82, 2.24) is 14.5 Å². The van der Waals surface area contributed by atoms with E-state index in [-0.39, 0.29) is 5.56 Å². The fraction of sp³-hybridized carbons (Fsp3) is 0.316. The summed E-state index contributed by atoms with van der Waals surface area (Å²) in [6.07, 6.45) is 4.33. The molecule has 0 spiro atoms. The predicted octanol–water partition coefficient (Wildman–Crippen LogP) is 3.17. The van der Waals surface area contributed by atoms with Crippen LogP contribution in [0.15, 0.2) is 35.4 Å². The lowest BCUT2D eigenvalue weighted by molar-refractivity contribution is -0.0441. The van der Waals surface area contributed by atoms with Crippen LogP contribution in [0.3, 0.4) is 0 Å². The van der Waals surface area contributed by atoms with E-state index in [2.05, 4.69) is 14.7 Å². The van der Waals surface area contributed by atoms with E-state index in [1.165, 1.54) is 7.11 Å². The maximum atomic E-state index is 12.2. The summed E-state index contributed by atoms with van der Waals surface area (Å²) < 4.78 is 15.1. The maximum absolute atomic E-state index is 12.2. The molecule has 7 nitrogen and oxygen atoms in total. The van der Waals surface area contributed by atoms with Crippen LogP contribution in [0, 0.1) is 0 Å². The second-order valence-corrected chi connectivity index (χ2v) is 5.32. The minimum Gasteiger partial charge on any atom is -0.465 e. The topological polar surface area (TPSA) is 97.2 Å². The van der Waals surface area contributed by atoms with Gasteiger partial charge in [0, 0.05) is 30.4 Å². The third-order valence-corrected chi connectivity index (χ3v) is 3.90. The summed E-state index contributed by atoms with van der Waals surface area (Å²) >= 11 is 0. The van der Waals surface area contributed by atoms with E-state index in [0.717, 1.165) is 22.2 Å². The molecule has 3 rings (SSSR count). The van der Waals surface area contributed by atoms with Crippen LogP contribution < -0.4 is 5.56 Å². The number of carbonyl (C=O) groups is 1. The quantitative estimate of drug-likeness (QED) is 0.684. The molecule has 3 heterocycles. The number of hydrogen-bond acceptors (Lipinski definition) is 5. The first kappa shape index (κ1) is 22.0. The van der Waals surface area contributed by atoms with E-state index in [9.17, 15) is 9.59 Å². The highest BCUT2D eigenvalue weighted by Gasteiger charge is 2.16. The molecule has 0 radical (unpaired) electrons. The van der Waals surface area contributed by atoms with Gasteiger partial charge >= 0.3 is 5.97 Å². The van der Waals surface area contributed by atoms with Gasteiger partial charge in [-0.25, -0.2) is 15.1 Å². The Hall–Kier alpha value is -3.00. The van der Waals surface area contributed by atoms with Crippen molar-refractivity contribution < 1.29 is 19.4 Å². The van der Waals surface area contributed by atoms with Crippen LogP contribution in [0.5, 0.6) is 0 Å². The van der Waals surface area contributed by atoms with Crippen LogP contribution >= 0.6 is 0 Å². The fourth-order valence-corrected chi connectivity index (χ4v) is 2.66. The molecular weight excluding hydrogens is 353 g/mol. The average molecular weight is 377 g/mol. The molecule has 0 bridgehead atoms. The Morgan fingerprint density at radius 1 is 1.33 bits per heavy atom. The van der Waals surface area contributed by atoms with Crippen molar-refractivity contribution in [2.45, 2.75) is 27.2 Å². The number of aromatic amines is 1. The summed E-state index contributed by atoms with van der Waals surface area (Å²) in [6, 6.07) is 5.54. The van der Waals surface area contributed by atoms with Gasteiger partial charge in [-0.05, 0) is 30.2 Å². The van der Waals surface area contributed by atoms with E-state index in [1.54, 1.807) is 12.3 Å². The van der Waals surface area contributed by atoms with Crippen molar-refractivity contribution in [2.75, 3.05) is 7.11 Å². The van der Waals surface area contributed by atoms with E-state index in [1.807, 2.05) is 50.7 Å². The molecule has 0 aliphatic heterocycles. The summed E-state index contributed by atoms with van der Waals surface area (Å²) in [5, 5.41) is 6.49. The summed E-state index contributed by atoms with van der Waals surface area (Å²) in [4.78, 5) is 31.1. The first-order valence-corrected chi connectivity index (χ1v) is 8.48. The number of H-pyrrole nitrogens is 1. The number of fused-ring (bicyclic) bond motifs is 1. The van der Waals surface area contributed by atoms with Gasteiger partial charge in [0.05, 0.1) is 12.8 Å². The van der Waals surface area contributed by atoms with Gasteiger partial charge in [0.2, 0.25) is 0 Å². The molecule has 27 heavy (non-hydrogen) atoms. The Morgan fingerprint density at radius 3 is 2.59 bits per heavy atom. The van der Waals surface area contributed by atoms with Gasteiger partial charge in [-0.1, -0.05) is 25.3 Å². The molecule has 0 saturated carbocycles. The number of pyridine rings is 2. The first-order chi connectivity index (χ1) is 13.0. The van der Waals surface area contributed by atoms with Crippen molar-refractivity contribution >= 4 is 17.0 Å². The fourth-order valence-electron chi connectivity index (χ4n) is 2.66. The Balaban J connectivity index is 0.000000855. The lowest BCUT2D eigenvalue weighted by atomic mass is 10.0. The zero-order valence-electron chi connectivity index (χ0n) is 16.0. The van der Waals surface area contributed by atoms with Crippen LogP contribution in [0.2, 0.25) is 0 Å². The summed E-state index contributed by atoms with van der Waals surface area (Å²) in [5.74, 6) is -0.635. The maximum Gasteiger partial charge on any atom is 0.343 e. The van der Waals surface area contributed by atoms with Gasteiger partial charge in [-0.15, -0.1) is 0 Å². The van der Waals surface area contributed by atoms with E-state index < -0.39 is 11.5 Å². The molecule has 8 heteroatoms. The number of aryl methyl sites for hydroxylation is 2. The number of rotatable bonds is 3.